The quantitative estimate of drug-likeness (QED) is 0.792. The Morgan fingerprint density at radius 2 is 2.00 bits per heavy atom. The number of rotatable bonds is 3. The van der Waals surface area contributed by atoms with Crippen molar-refractivity contribution in [2.24, 2.45) is 0 Å². The molecule has 1 fully saturated rings. The lowest BCUT2D eigenvalue weighted by Gasteiger charge is -2.31. The van der Waals surface area contributed by atoms with E-state index in [1.807, 2.05) is 6.92 Å². The van der Waals surface area contributed by atoms with Crippen LogP contribution in [0.4, 0.5) is 0 Å². The molecule has 0 bridgehead atoms. The minimum atomic E-state index is 0.138. The molecular weight excluding hydrogens is 252 g/mol. The van der Waals surface area contributed by atoms with E-state index >= 15 is 0 Å². The van der Waals surface area contributed by atoms with Gasteiger partial charge in [-0.3, -0.25) is 0 Å². The third-order valence-corrected chi connectivity index (χ3v) is 3.17. The number of hydrogen-bond acceptors (Lipinski definition) is 4. The molecule has 1 aliphatic heterocycles. The Labute approximate surface area is 113 Å². The predicted octanol–water partition coefficient (Wildman–Crippen LogP) is 3.03. The van der Waals surface area contributed by atoms with Gasteiger partial charge in [0.05, 0.1) is 12.2 Å². The lowest BCUT2D eigenvalue weighted by Crippen LogP contribution is -2.35. The third kappa shape index (κ3) is 3.56. The van der Waals surface area contributed by atoms with Gasteiger partial charge < -0.3 is 9.47 Å². The number of ether oxygens (including phenoxy) is 2. The minimum absolute atomic E-state index is 0.138. The number of nitrogens with zero attached hydrogens (tertiary/aromatic N) is 2. The molecule has 5 heteroatoms. The monoisotopic (exact) mass is 270 g/mol. The fraction of sp³-hybridized carbons (Fsp3) is 0.692. The summed E-state index contributed by atoms with van der Waals surface area (Å²) in [6.45, 7) is 6.13. The molecule has 0 radical (unpaired) electrons. The van der Waals surface area contributed by atoms with Gasteiger partial charge in [0.1, 0.15) is 17.1 Å². The molecule has 18 heavy (non-hydrogen) atoms. The second-order valence-electron chi connectivity index (χ2n) is 4.77. The first kappa shape index (κ1) is 13.6. The van der Waals surface area contributed by atoms with Crippen LogP contribution in [-0.4, -0.2) is 28.3 Å². The van der Waals surface area contributed by atoms with Gasteiger partial charge in [-0.25, -0.2) is 4.98 Å². The predicted molar refractivity (Wildman–Crippen MR) is 70.1 cm³/mol. The van der Waals surface area contributed by atoms with Crippen molar-refractivity contribution in [3.8, 4) is 5.88 Å². The van der Waals surface area contributed by atoms with Crippen LogP contribution in [0, 0.1) is 0 Å². The zero-order valence-electron chi connectivity index (χ0n) is 11.0. The summed E-state index contributed by atoms with van der Waals surface area (Å²) < 4.78 is 11.6. The number of hydrogen-bond donors (Lipinski definition) is 0. The van der Waals surface area contributed by atoms with Crippen molar-refractivity contribution in [1.29, 1.82) is 0 Å². The van der Waals surface area contributed by atoms with Gasteiger partial charge in [0.25, 0.3) is 0 Å². The molecule has 0 aliphatic carbocycles. The van der Waals surface area contributed by atoms with Crippen LogP contribution < -0.4 is 4.74 Å². The normalized spacial score (nSPS) is 28.1. The molecule has 4 nitrogen and oxygen atoms in total. The molecule has 2 unspecified atom stereocenters. The van der Waals surface area contributed by atoms with Gasteiger partial charge in [0.2, 0.25) is 5.88 Å². The summed E-state index contributed by atoms with van der Waals surface area (Å²) in [5, 5.41) is 0.435. The standard InChI is InChI=1S/C13H19ClN2O2/c1-4-12-15-11(14)7-13(16-12)18-10-5-8(2)17-9(3)6-10/h7-10H,4-6H2,1-3H3. The highest BCUT2D eigenvalue weighted by atomic mass is 35.5. The van der Waals surface area contributed by atoms with E-state index in [0.29, 0.717) is 16.9 Å². The molecule has 2 rings (SSSR count). The Morgan fingerprint density at radius 1 is 1.33 bits per heavy atom. The summed E-state index contributed by atoms with van der Waals surface area (Å²) in [5.41, 5.74) is 0. The van der Waals surface area contributed by atoms with Crippen molar-refractivity contribution in [2.45, 2.75) is 58.3 Å². The number of aromatic nitrogens is 2. The lowest BCUT2D eigenvalue weighted by molar-refractivity contribution is -0.0730. The zero-order valence-corrected chi connectivity index (χ0v) is 11.8. The molecule has 1 aromatic heterocycles. The summed E-state index contributed by atoms with van der Waals surface area (Å²) in [6, 6.07) is 1.67. The summed E-state index contributed by atoms with van der Waals surface area (Å²) >= 11 is 5.95. The molecule has 0 saturated carbocycles. The highest BCUT2D eigenvalue weighted by Crippen LogP contribution is 2.24. The molecule has 1 aliphatic rings. The maximum absolute atomic E-state index is 5.95. The Morgan fingerprint density at radius 3 is 2.61 bits per heavy atom. The van der Waals surface area contributed by atoms with E-state index in [0.717, 1.165) is 19.3 Å². The van der Waals surface area contributed by atoms with Crippen LogP contribution in [0.1, 0.15) is 39.4 Å². The van der Waals surface area contributed by atoms with E-state index in [-0.39, 0.29) is 18.3 Å². The third-order valence-electron chi connectivity index (χ3n) is 2.98. The lowest BCUT2D eigenvalue weighted by atomic mass is 10.0. The number of halogens is 1. The molecule has 0 amide bonds. The molecule has 100 valence electrons. The Hall–Kier alpha value is -0.870. The van der Waals surface area contributed by atoms with Gasteiger partial charge in [-0.15, -0.1) is 0 Å². The molecule has 1 aromatic rings. The number of aryl methyl sites for hydroxylation is 1. The first-order chi connectivity index (χ1) is 8.56. The van der Waals surface area contributed by atoms with Crippen molar-refractivity contribution in [3.63, 3.8) is 0 Å². The fourth-order valence-corrected chi connectivity index (χ4v) is 2.46. The van der Waals surface area contributed by atoms with Gasteiger partial charge in [-0.2, -0.15) is 4.98 Å². The van der Waals surface area contributed by atoms with Gasteiger partial charge in [0, 0.05) is 25.3 Å². The molecule has 2 atom stereocenters. The van der Waals surface area contributed by atoms with Crippen LogP contribution >= 0.6 is 11.6 Å². The van der Waals surface area contributed by atoms with Gasteiger partial charge in [0.15, 0.2) is 0 Å². The van der Waals surface area contributed by atoms with Crippen LogP contribution in [0.2, 0.25) is 5.15 Å². The summed E-state index contributed by atoms with van der Waals surface area (Å²) in [7, 11) is 0. The topological polar surface area (TPSA) is 44.2 Å². The van der Waals surface area contributed by atoms with Crippen molar-refractivity contribution in [3.05, 3.63) is 17.0 Å². The van der Waals surface area contributed by atoms with Crippen LogP contribution in [-0.2, 0) is 11.2 Å². The first-order valence-corrected chi connectivity index (χ1v) is 6.80. The summed E-state index contributed by atoms with van der Waals surface area (Å²) in [6.07, 6.45) is 3.10. The molecule has 0 aromatic carbocycles. The first-order valence-electron chi connectivity index (χ1n) is 6.42. The van der Waals surface area contributed by atoms with E-state index in [9.17, 15) is 0 Å². The van der Waals surface area contributed by atoms with Crippen LogP contribution in [0.15, 0.2) is 6.07 Å². The highest BCUT2D eigenvalue weighted by molar-refractivity contribution is 6.29. The van der Waals surface area contributed by atoms with Crippen molar-refractivity contribution >= 4 is 11.6 Å². The smallest absolute Gasteiger partial charge is 0.218 e. The van der Waals surface area contributed by atoms with Gasteiger partial charge in [-0.1, -0.05) is 18.5 Å². The highest BCUT2D eigenvalue weighted by Gasteiger charge is 2.26. The van der Waals surface area contributed by atoms with Crippen molar-refractivity contribution < 1.29 is 9.47 Å². The Bertz CT molecular complexity index is 404. The van der Waals surface area contributed by atoms with E-state index in [4.69, 9.17) is 21.1 Å². The zero-order chi connectivity index (χ0) is 13.1. The van der Waals surface area contributed by atoms with Crippen molar-refractivity contribution in [2.75, 3.05) is 0 Å². The Kier molecular flexibility index (Phi) is 4.40. The summed E-state index contributed by atoms with van der Waals surface area (Å²) in [5.74, 6) is 1.28. The van der Waals surface area contributed by atoms with E-state index in [1.165, 1.54) is 0 Å². The molecular formula is C13H19ClN2O2. The van der Waals surface area contributed by atoms with Crippen LogP contribution in [0.25, 0.3) is 0 Å². The fourth-order valence-electron chi connectivity index (χ4n) is 2.27. The largest absolute Gasteiger partial charge is 0.474 e. The van der Waals surface area contributed by atoms with E-state index < -0.39 is 0 Å². The van der Waals surface area contributed by atoms with Crippen LogP contribution in [0.5, 0.6) is 5.88 Å². The average Bonchev–Trinajstić information content (AvgIpc) is 2.26. The minimum Gasteiger partial charge on any atom is -0.474 e. The molecule has 0 N–H and O–H groups in total. The van der Waals surface area contributed by atoms with E-state index in [1.54, 1.807) is 6.07 Å². The second kappa shape index (κ2) is 5.85. The summed E-state index contributed by atoms with van der Waals surface area (Å²) in [4.78, 5) is 8.46. The molecule has 1 saturated heterocycles. The maximum atomic E-state index is 5.95. The maximum Gasteiger partial charge on any atom is 0.218 e. The average molecular weight is 271 g/mol. The SMILES string of the molecule is CCc1nc(Cl)cc(OC2CC(C)OC(C)C2)n1. The van der Waals surface area contributed by atoms with Crippen molar-refractivity contribution in [1.82, 2.24) is 9.97 Å². The second-order valence-corrected chi connectivity index (χ2v) is 5.15. The van der Waals surface area contributed by atoms with Gasteiger partial charge in [-0.05, 0) is 13.8 Å². The Balaban J connectivity index is 2.06. The van der Waals surface area contributed by atoms with Gasteiger partial charge >= 0.3 is 0 Å². The van der Waals surface area contributed by atoms with E-state index in [2.05, 4.69) is 23.8 Å². The molecule has 2 heterocycles. The molecule has 0 spiro atoms. The van der Waals surface area contributed by atoms with Crippen LogP contribution in [0.3, 0.4) is 0 Å².